The molecule has 0 aromatic heterocycles. The molecule has 1 unspecified atom stereocenters. The highest BCUT2D eigenvalue weighted by Crippen LogP contribution is 2.30. The zero-order valence-corrected chi connectivity index (χ0v) is 11.7. The first-order valence-corrected chi connectivity index (χ1v) is 6.66. The fourth-order valence-corrected chi connectivity index (χ4v) is 2.36. The van der Waals surface area contributed by atoms with Crippen molar-refractivity contribution in [1.82, 2.24) is 10.2 Å². The van der Waals surface area contributed by atoms with E-state index in [4.69, 9.17) is 4.74 Å². The van der Waals surface area contributed by atoms with Crippen molar-refractivity contribution in [3.05, 3.63) is 23.8 Å². The number of nitrogens with one attached hydrogen (secondary N) is 1. The van der Waals surface area contributed by atoms with Crippen molar-refractivity contribution >= 4 is 0 Å². The summed E-state index contributed by atoms with van der Waals surface area (Å²) in [6.45, 7) is 2.99. The zero-order chi connectivity index (χ0) is 14.5. The summed E-state index contributed by atoms with van der Waals surface area (Å²) < 4.78 is 34.1. The van der Waals surface area contributed by atoms with E-state index < -0.39 is 6.61 Å². The molecule has 1 atom stereocenters. The van der Waals surface area contributed by atoms with Crippen molar-refractivity contribution < 1.29 is 18.3 Å². The molecule has 1 N–H and O–H groups in total. The van der Waals surface area contributed by atoms with Gasteiger partial charge in [0.05, 0.1) is 7.11 Å². The molecule has 1 saturated heterocycles. The van der Waals surface area contributed by atoms with Gasteiger partial charge < -0.3 is 14.8 Å². The first-order chi connectivity index (χ1) is 9.60. The molecule has 4 nitrogen and oxygen atoms in total. The summed E-state index contributed by atoms with van der Waals surface area (Å²) >= 11 is 0. The van der Waals surface area contributed by atoms with Crippen molar-refractivity contribution in [3.8, 4) is 11.5 Å². The maximum Gasteiger partial charge on any atom is 0.387 e. The summed E-state index contributed by atoms with van der Waals surface area (Å²) in [6, 6.07) is 5.54. The SMILES string of the molecule is COc1cc(CN2CCNCC2C)ccc1OC(F)F. The van der Waals surface area contributed by atoms with Crippen LogP contribution in [0, 0.1) is 0 Å². The third kappa shape index (κ3) is 3.80. The second-order valence-corrected chi connectivity index (χ2v) is 4.89. The average Bonchev–Trinajstić information content (AvgIpc) is 2.42. The molecule has 112 valence electrons. The van der Waals surface area contributed by atoms with Crippen LogP contribution in [0.25, 0.3) is 0 Å². The lowest BCUT2D eigenvalue weighted by atomic mass is 10.1. The highest BCUT2D eigenvalue weighted by Gasteiger charge is 2.19. The van der Waals surface area contributed by atoms with Gasteiger partial charge >= 0.3 is 6.61 Å². The molecule has 0 spiro atoms. The Kier molecular flexibility index (Phi) is 5.14. The molecule has 0 saturated carbocycles. The van der Waals surface area contributed by atoms with Gasteiger partial charge in [0, 0.05) is 32.2 Å². The molecule has 6 heteroatoms. The van der Waals surface area contributed by atoms with Gasteiger partial charge in [-0.05, 0) is 24.6 Å². The smallest absolute Gasteiger partial charge is 0.387 e. The van der Waals surface area contributed by atoms with Gasteiger partial charge in [0.25, 0.3) is 0 Å². The predicted molar refractivity (Wildman–Crippen MR) is 72.4 cm³/mol. The van der Waals surface area contributed by atoms with Crippen LogP contribution in [0.2, 0.25) is 0 Å². The molecule has 2 rings (SSSR count). The first-order valence-electron chi connectivity index (χ1n) is 6.66. The van der Waals surface area contributed by atoms with E-state index in [-0.39, 0.29) is 5.75 Å². The lowest BCUT2D eigenvalue weighted by Crippen LogP contribution is -2.49. The molecule has 1 aromatic rings. The summed E-state index contributed by atoms with van der Waals surface area (Å²) in [7, 11) is 1.45. The molecule has 1 aromatic carbocycles. The van der Waals surface area contributed by atoms with E-state index in [1.54, 1.807) is 12.1 Å². The van der Waals surface area contributed by atoms with Gasteiger partial charge in [-0.2, -0.15) is 8.78 Å². The van der Waals surface area contributed by atoms with Crippen LogP contribution in [-0.2, 0) is 6.54 Å². The van der Waals surface area contributed by atoms with Crippen LogP contribution in [0.1, 0.15) is 12.5 Å². The number of piperazine rings is 1. The van der Waals surface area contributed by atoms with Gasteiger partial charge in [0.1, 0.15) is 0 Å². The van der Waals surface area contributed by atoms with Crippen molar-refractivity contribution in [1.29, 1.82) is 0 Å². The average molecular weight is 286 g/mol. The maximum atomic E-state index is 12.3. The molecule has 1 fully saturated rings. The van der Waals surface area contributed by atoms with Crippen molar-refractivity contribution in [3.63, 3.8) is 0 Å². The second-order valence-electron chi connectivity index (χ2n) is 4.89. The van der Waals surface area contributed by atoms with Crippen LogP contribution in [-0.4, -0.2) is 44.3 Å². The van der Waals surface area contributed by atoms with Crippen LogP contribution in [0.4, 0.5) is 8.78 Å². The summed E-state index contributed by atoms with van der Waals surface area (Å²) in [4.78, 5) is 2.35. The number of nitrogens with zero attached hydrogens (tertiary/aromatic N) is 1. The number of methoxy groups -OCH3 is 1. The molecule has 0 radical (unpaired) electrons. The zero-order valence-electron chi connectivity index (χ0n) is 11.7. The Hall–Kier alpha value is -1.40. The minimum atomic E-state index is -2.84. The normalized spacial score (nSPS) is 20.1. The lowest BCUT2D eigenvalue weighted by Gasteiger charge is -2.34. The predicted octanol–water partition coefficient (Wildman–Crippen LogP) is 2.09. The number of hydrogen-bond acceptors (Lipinski definition) is 4. The highest BCUT2D eigenvalue weighted by molar-refractivity contribution is 5.43. The number of halogens is 2. The molecule has 1 aliphatic rings. The Balaban J connectivity index is 2.08. The van der Waals surface area contributed by atoms with Gasteiger partial charge in [-0.25, -0.2) is 0 Å². The number of ether oxygens (including phenoxy) is 2. The fraction of sp³-hybridized carbons (Fsp3) is 0.571. The lowest BCUT2D eigenvalue weighted by molar-refractivity contribution is -0.0512. The maximum absolute atomic E-state index is 12.3. The molecule has 1 aliphatic heterocycles. The minimum Gasteiger partial charge on any atom is -0.493 e. The molecule has 0 bridgehead atoms. The van der Waals surface area contributed by atoms with Crippen LogP contribution in [0.5, 0.6) is 11.5 Å². The molecule has 0 aliphatic carbocycles. The summed E-state index contributed by atoms with van der Waals surface area (Å²) in [5, 5.41) is 3.33. The minimum absolute atomic E-state index is 0.0691. The number of rotatable bonds is 5. The van der Waals surface area contributed by atoms with Gasteiger partial charge in [0.2, 0.25) is 0 Å². The van der Waals surface area contributed by atoms with E-state index in [1.807, 2.05) is 0 Å². The van der Waals surface area contributed by atoms with Crippen LogP contribution in [0.15, 0.2) is 18.2 Å². The van der Waals surface area contributed by atoms with E-state index in [1.165, 1.54) is 13.2 Å². The third-order valence-electron chi connectivity index (χ3n) is 3.47. The third-order valence-corrected chi connectivity index (χ3v) is 3.47. The van der Waals surface area contributed by atoms with Crippen molar-refractivity contribution in [2.75, 3.05) is 26.7 Å². The number of benzene rings is 1. The van der Waals surface area contributed by atoms with E-state index in [0.717, 1.165) is 31.7 Å². The monoisotopic (exact) mass is 286 g/mol. The highest BCUT2D eigenvalue weighted by atomic mass is 19.3. The van der Waals surface area contributed by atoms with Crippen molar-refractivity contribution in [2.24, 2.45) is 0 Å². The van der Waals surface area contributed by atoms with Gasteiger partial charge in [-0.1, -0.05) is 6.07 Å². The summed E-state index contributed by atoms with van der Waals surface area (Å²) in [5.41, 5.74) is 1.03. The van der Waals surface area contributed by atoms with Gasteiger partial charge in [-0.3, -0.25) is 4.90 Å². The van der Waals surface area contributed by atoms with Crippen LogP contribution >= 0.6 is 0 Å². The summed E-state index contributed by atoms with van der Waals surface area (Å²) in [6.07, 6.45) is 0. The molecule has 1 heterocycles. The molecular formula is C14H20F2N2O2. The second kappa shape index (κ2) is 6.85. The van der Waals surface area contributed by atoms with E-state index in [9.17, 15) is 8.78 Å². The van der Waals surface area contributed by atoms with Crippen LogP contribution in [0.3, 0.4) is 0 Å². The number of hydrogen-bond donors (Lipinski definition) is 1. The standard InChI is InChI=1S/C14H20F2N2O2/c1-10-8-17-5-6-18(10)9-11-3-4-12(20-14(15)16)13(7-11)19-2/h3-4,7,10,14,17H,5-6,8-9H2,1-2H3. The van der Waals surface area contributed by atoms with Gasteiger partial charge in [0.15, 0.2) is 11.5 Å². The first kappa shape index (κ1) is 15.0. The van der Waals surface area contributed by atoms with E-state index >= 15 is 0 Å². The van der Waals surface area contributed by atoms with Crippen molar-refractivity contribution in [2.45, 2.75) is 26.1 Å². The summed E-state index contributed by atoms with van der Waals surface area (Å²) in [5.74, 6) is 0.408. The Bertz CT molecular complexity index is 443. The Morgan fingerprint density at radius 1 is 1.40 bits per heavy atom. The molecule has 20 heavy (non-hydrogen) atoms. The fourth-order valence-electron chi connectivity index (χ4n) is 2.36. The Morgan fingerprint density at radius 2 is 2.20 bits per heavy atom. The van der Waals surface area contributed by atoms with Crippen LogP contribution < -0.4 is 14.8 Å². The van der Waals surface area contributed by atoms with Gasteiger partial charge in [-0.15, -0.1) is 0 Å². The largest absolute Gasteiger partial charge is 0.493 e. The molecule has 0 amide bonds. The molecular weight excluding hydrogens is 266 g/mol. The Morgan fingerprint density at radius 3 is 2.85 bits per heavy atom. The van der Waals surface area contributed by atoms with E-state index in [2.05, 4.69) is 21.9 Å². The topological polar surface area (TPSA) is 33.7 Å². The quantitative estimate of drug-likeness (QED) is 0.898. The van der Waals surface area contributed by atoms with E-state index in [0.29, 0.717) is 11.8 Å². The Labute approximate surface area is 117 Å². The number of alkyl halides is 2.